The Balaban J connectivity index is 1.88. The summed E-state index contributed by atoms with van der Waals surface area (Å²) >= 11 is 0. The molecule has 1 fully saturated rings. The topological polar surface area (TPSA) is 57.9 Å². The van der Waals surface area contributed by atoms with Gasteiger partial charge in [0, 0.05) is 30.9 Å². The molecule has 4 nitrogen and oxygen atoms in total. The van der Waals surface area contributed by atoms with Crippen molar-refractivity contribution in [1.82, 2.24) is 10.3 Å². The Morgan fingerprint density at radius 3 is 2.83 bits per heavy atom. The summed E-state index contributed by atoms with van der Waals surface area (Å²) in [6.45, 7) is 6.95. The minimum absolute atomic E-state index is 0.00943. The van der Waals surface area contributed by atoms with Gasteiger partial charge in [-0.3, -0.25) is 4.98 Å². The minimum atomic E-state index is -0.314. The second-order valence-electron chi connectivity index (χ2n) is 5.61. The summed E-state index contributed by atoms with van der Waals surface area (Å²) in [7, 11) is 0. The molecule has 4 heteroatoms. The van der Waals surface area contributed by atoms with Crippen molar-refractivity contribution >= 4 is 0 Å². The van der Waals surface area contributed by atoms with E-state index >= 15 is 0 Å². The average Bonchev–Trinajstić information content (AvgIpc) is 2.34. The van der Waals surface area contributed by atoms with E-state index in [2.05, 4.69) is 36.3 Å². The maximum Gasteiger partial charge on any atom is 0.116 e. The van der Waals surface area contributed by atoms with Crippen molar-refractivity contribution in [1.29, 1.82) is 5.26 Å². The molecular weight excluding hydrogens is 226 g/mol. The summed E-state index contributed by atoms with van der Waals surface area (Å²) in [6.07, 6.45) is 3.68. The van der Waals surface area contributed by atoms with Crippen molar-refractivity contribution in [3.05, 3.63) is 30.1 Å². The van der Waals surface area contributed by atoms with Crippen molar-refractivity contribution < 1.29 is 4.74 Å². The highest BCUT2D eigenvalue weighted by Crippen LogP contribution is 2.26. The van der Waals surface area contributed by atoms with E-state index in [0.717, 1.165) is 6.54 Å². The normalized spacial score (nSPS) is 17.8. The van der Waals surface area contributed by atoms with Gasteiger partial charge in [-0.15, -0.1) is 0 Å². The van der Waals surface area contributed by atoms with Gasteiger partial charge in [0.25, 0.3) is 0 Å². The van der Waals surface area contributed by atoms with Crippen LogP contribution in [0.25, 0.3) is 0 Å². The molecule has 1 aliphatic heterocycles. The lowest BCUT2D eigenvalue weighted by Crippen LogP contribution is -2.50. The first kappa shape index (κ1) is 13.0. The third-order valence-electron chi connectivity index (χ3n) is 3.47. The third kappa shape index (κ3) is 2.69. The predicted octanol–water partition coefficient (Wildman–Crippen LogP) is 1.49. The molecule has 0 bridgehead atoms. The van der Waals surface area contributed by atoms with Crippen molar-refractivity contribution in [3.8, 4) is 6.07 Å². The van der Waals surface area contributed by atoms with Crippen LogP contribution in [0.15, 0.2) is 24.5 Å². The molecule has 18 heavy (non-hydrogen) atoms. The molecule has 0 spiro atoms. The highest BCUT2D eigenvalue weighted by Gasteiger charge is 2.38. The molecule has 0 unspecified atom stereocenters. The van der Waals surface area contributed by atoms with Crippen molar-refractivity contribution in [2.75, 3.05) is 26.3 Å². The quantitative estimate of drug-likeness (QED) is 0.854. The summed E-state index contributed by atoms with van der Waals surface area (Å²) in [5.41, 5.74) is 0.897. The van der Waals surface area contributed by atoms with E-state index in [1.807, 2.05) is 12.3 Å². The first-order valence-corrected chi connectivity index (χ1v) is 6.18. The maximum atomic E-state index is 9.10. The molecule has 2 heterocycles. The molecular formula is C14H19N3O. The second-order valence-corrected chi connectivity index (χ2v) is 5.61. The van der Waals surface area contributed by atoms with Gasteiger partial charge in [0.2, 0.25) is 0 Å². The molecule has 1 aromatic heterocycles. The fourth-order valence-corrected chi connectivity index (χ4v) is 2.03. The minimum Gasteiger partial charge on any atom is -0.378 e. The summed E-state index contributed by atoms with van der Waals surface area (Å²) < 4.78 is 5.12. The van der Waals surface area contributed by atoms with Gasteiger partial charge in [-0.05, 0) is 11.6 Å². The zero-order chi connectivity index (χ0) is 13.1. The SMILES string of the molecule is CC(C)(CNCC1(C#N)COC1)c1cccnc1. The lowest BCUT2D eigenvalue weighted by Gasteiger charge is -2.36. The number of aromatic nitrogens is 1. The highest BCUT2D eigenvalue weighted by molar-refractivity contribution is 5.20. The molecule has 1 aromatic rings. The Morgan fingerprint density at radius 2 is 2.33 bits per heavy atom. The molecule has 0 radical (unpaired) electrons. The van der Waals surface area contributed by atoms with E-state index in [4.69, 9.17) is 10.00 Å². The largest absolute Gasteiger partial charge is 0.378 e. The van der Waals surface area contributed by atoms with Crippen LogP contribution in [0.2, 0.25) is 0 Å². The number of nitrogens with zero attached hydrogens (tertiary/aromatic N) is 2. The van der Waals surface area contributed by atoms with E-state index < -0.39 is 0 Å². The molecule has 0 aromatic carbocycles. The predicted molar refractivity (Wildman–Crippen MR) is 69.0 cm³/mol. The van der Waals surface area contributed by atoms with Crippen LogP contribution in [0.5, 0.6) is 0 Å². The Bertz CT molecular complexity index is 432. The van der Waals surface area contributed by atoms with Crippen LogP contribution in [0.3, 0.4) is 0 Å². The van der Waals surface area contributed by atoms with Crippen molar-refractivity contribution in [2.24, 2.45) is 5.41 Å². The Hall–Kier alpha value is -1.44. The summed E-state index contributed by atoms with van der Waals surface area (Å²) in [5.74, 6) is 0. The number of nitrogens with one attached hydrogen (secondary N) is 1. The van der Waals surface area contributed by atoms with Gasteiger partial charge in [0.15, 0.2) is 0 Å². The van der Waals surface area contributed by atoms with Crippen LogP contribution in [-0.4, -0.2) is 31.3 Å². The van der Waals surface area contributed by atoms with Gasteiger partial charge in [0.1, 0.15) is 5.41 Å². The standard InChI is InChI=1S/C14H19N3O/c1-13(2,12-4-3-5-16-6-12)8-17-9-14(7-15)10-18-11-14/h3-6,17H,8-11H2,1-2H3. The lowest BCUT2D eigenvalue weighted by atomic mass is 9.84. The second kappa shape index (κ2) is 5.05. The van der Waals surface area contributed by atoms with Gasteiger partial charge >= 0.3 is 0 Å². The summed E-state index contributed by atoms with van der Waals surface area (Å²) in [4.78, 5) is 4.15. The smallest absolute Gasteiger partial charge is 0.116 e. The van der Waals surface area contributed by atoms with Gasteiger partial charge in [-0.2, -0.15) is 5.26 Å². The van der Waals surface area contributed by atoms with Gasteiger partial charge in [-0.25, -0.2) is 0 Å². The number of hydrogen-bond donors (Lipinski definition) is 1. The summed E-state index contributed by atoms with van der Waals surface area (Å²) in [6, 6.07) is 6.38. The molecule has 0 aliphatic carbocycles. The fourth-order valence-electron chi connectivity index (χ4n) is 2.03. The van der Waals surface area contributed by atoms with E-state index in [-0.39, 0.29) is 10.8 Å². The lowest BCUT2D eigenvalue weighted by molar-refractivity contribution is -0.0756. The number of ether oxygens (including phenoxy) is 1. The highest BCUT2D eigenvalue weighted by atomic mass is 16.5. The molecule has 0 atom stereocenters. The van der Waals surface area contributed by atoms with Crippen LogP contribution in [0.1, 0.15) is 19.4 Å². The van der Waals surface area contributed by atoms with Gasteiger partial charge in [-0.1, -0.05) is 19.9 Å². The molecule has 96 valence electrons. The molecule has 1 N–H and O–H groups in total. The zero-order valence-corrected chi connectivity index (χ0v) is 10.9. The fraction of sp³-hybridized carbons (Fsp3) is 0.571. The van der Waals surface area contributed by atoms with Gasteiger partial charge < -0.3 is 10.1 Å². The Labute approximate surface area is 108 Å². The average molecular weight is 245 g/mol. The molecule has 0 amide bonds. The first-order chi connectivity index (χ1) is 8.58. The number of nitriles is 1. The molecule has 2 rings (SSSR count). The van der Waals surface area contributed by atoms with Crippen LogP contribution in [0, 0.1) is 16.7 Å². The molecule has 1 saturated heterocycles. The third-order valence-corrected chi connectivity index (χ3v) is 3.47. The van der Waals surface area contributed by atoms with Crippen LogP contribution >= 0.6 is 0 Å². The van der Waals surface area contributed by atoms with E-state index in [9.17, 15) is 0 Å². The van der Waals surface area contributed by atoms with E-state index in [1.54, 1.807) is 6.20 Å². The summed E-state index contributed by atoms with van der Waals surface area (Å²) in [5, 5.41) is 12.5. The van der Waals surface area contributed by atoms with E-state index in [1.165, 1.54) is 5.56 Å². The van der Waals surface area contributed by atoms with Crippen molar-refractivity contribution in [2.45, 2.75) is 19.3 Å². The maximum absolute atomic E-state index is 9.10. The van der Waals surface area contributed by atoms with Crippen LogP contribution in [-0.2, 0) is 10.2 Å². The molecule has 0 saturated carbocycles. The number of hydrogen-bond acceptors (Lipinski definition) is 4. The number of rotatable bonds is 5. The number of pyridine rings is 1. The van der Waals surface area contributed by atoms with E-state index in [0.29, 0.717) is 19.8 Å². The Morgan fingerprint density at radius 1 is 1.56 bits per heavy atom. The monoisotopic (exact) mass is 245 g/mol. The van der Waals surface area contributed by atoms with Gasteiger partial charge in [0.05, 0.1) is 19.3 Å². The zero-order valence-electron chi connectivity index (χ0n) is 10.9. The van der Waals surface area contributed by atoms with Crippen molar-refractivity contribution in [3.63, 3.8) is 0 Å². The van der Waals surface area contributed by atoms with Crippen LogP contribution < -0.4 is 5.32 Å². The Kier molecular flexibility index (Phi) is 3.65. The molecule has 1 aliphatic rings. The first-order valence-electron chi connectivity index (χ1n) is 6.18. The van der Waals surface area contributed by atoms with Crippen LogP contribution in [0.4, 0.5) is 0 Å².